The van der Waals surface area contributed by atoms with Crippen molar-refractivity contribution in [2.24, 2.45) is 0 Å². The molecular formula is C14H14F3N3O6. The van der Waals surface area contributed by atoms with Crippen molar-refractivity contribution >= 4 is 5.91 Å². The van der Waals surface area contributed by atoms with E-state index in [1.165, 1.54) is 5.32 Å². The van der Waals surface area contributed by atoms with Crippen LogP contribution in [0.25, 0.3) is 0 Å². The minimum Gasteiger partial charge on any atom is -0.394 e. The zero-order chi connectivity index (χ0) is 19.5. The van der Waals surface area contributed by atoms with Crippen LogP contribution in [0, 0.1) is 11.8 Å². The van der Waals surface area contributed by atoms with E-state index in [9.17, 15) is 32.7 Å². The fourth-order valence-electron chi connectivity index (χ4n) is 2.26. The fraction of sp³-hybridized carbons (Fsp3) is 0.500. The molecule has 2 rings (SSSR count). The summed E-state index contributed by atoms with van der Waals surface area (Å²) in [4.78, 5) is 36.2. The molecule has 1 aliphatic rings. The average Bonchev–Trinajstić information content (AvgIpc) is 2.92. The summed E-state index contributed by atoms with van der Waals surface area (Å²) in [7, 11) is 0. The number of amides is 1. The Labute approximate surface area is 143 Å². The molecule has 0 spiro atoms. The van der Waals surface area contributed by atoms with E-state index in [2.05, 4.69) is 11.8 Å². The third-order valence-corrected chi connectivity index (χ3v) is 3.58. The number of H-pyrrole nitrogens is 1. The number of hydrogen-bond acceptors (Lipinski definition) is 6. The molecule has 142 valence electrons. The van der Waals surface area contributed by atoms with Gasteiger partial charge in [0.15, 0.2) is 0 Å². The highest BCUT2D eigenvalue weighted by molar-refractivity contribution is 5.81. The quantitative estimate of drug-likeness (QED) is 0.444. The van der Waals surface area contributed by atoms with Crippen molar-refractivity contribution in [3.8, 4) is 11.8 Å². The van der Waals surface area contributed by atoms with Gasteiger partial charge in [-0.1, -0.05) is 11.8 Å². The predicted molar refractivity (Wildman–Crippen MR) is 79.1 cm³/mol. The number of carbonyl (C=O) groups excluding carboxylic acids is 1. The molecule has 2 heterocycles. The molecular weight excluding hydrogens is 363 g/mol. The van der Waals surface area contributed by atoms with Crippen LogP contribution in [-0.2, 0) is 9.53 Å². The number of aromatic nitrogens is 2. The Morgan fingerprint density at radius 1 is 1.46 bits per heavy atom. The lowest BCUT2D eigenvalue weighted by atomic mass is 10.1. The van der Waals surface area contributed by atoms with Crippen LogP contribution >= 0.6 is 0 Å². The van der Waals surface area contributed by atoms with Gasteiger partial charge in [-0.3, -0.25) is 19.1 Å². The molecule has 1 aromatic rings. The molecule has 0 bridgehead atoms. The molecule has 3 atom stereocenters. The second-order valence-electron chi connectivity index (χ2n) is 5.30. The largest absolute Gasteiger partial charge is 0.471 e. The van der Waals surface area contributed by atoms with Crippen LogP contribution in [0.1, 0.15) is 11.6 Å². The second kappa shape index (κ2) is 7.73. The van der Waals surface area contributed by atoms with Gasteiger partial charge < -0.3 is 20.3 Å². The van der Waals surface area contributed by atoms with Crippen molar-refractivity contribution in [2.75, 3.05) is 19.8 Å². The van der Waals surface area contributed by atoms with Gasteiger partial charge in [0.25, 0.3) is 5.56 Å². The summed E-state index contributed by atoms with van der Waals surface area (Å²) in [6.07, 6.45) is -6.13. The first-order valence-corrected chi connectivity index (χ1v) is 7.25. The molecule has 3 unspecified atom stereocenters. The van der Waals surface area contributed by atoms with Gasteiger partial charge in [0, 0.05) is 6.20 Å². The Bertz CT molecular complexity index is 850. The summed E-state index contributed by atoms with van der Waals surface area (Å²) >= 11 is 0. The van der Waals surface area contributed by atoms with E-state index in [1.807, 2.05) is 4.98 Å². The Morgan fingerprint density at radius 2 is 2.15 bits per heavy atom. The number of carbonyl (C=O) groups is 1. The highest BCUT2D eigenvalue weighted by Gasteiger charge is 2.38. The summed E-state index contributed by atoms with van der Waals surface area (Å²) in [6, 6.07) is -0.887. The van der Waals surface area contributed by atoms with E-state index in [0.717, 1.165) is 10.8 Å². The first kappa shape index (κ1) is 19.7. The Kier molecular flexibility index (Phi) is 5.86. The van der Waals surface area contributed by atoms with E-state index in [0.29, 0.717) is 0 Å². The molecule has 0 aromatic carbocycles. The molecule has 1 saturated heterocycles. The maximum Gasteiger partial charge on any atom is 0.471 e. The Hall–Kier alpha value is -2.62. The SMILES string of the molecule is O=C(NCC#Cc1cn(C2COC(CO)C2O)c(=O)[nH]c1=O)C(F)(F)F. The lowest BCUT2D eigenvalue weighted by molar-refractivity contribution is -0.173. The van der Waals surface area contributed by atoms with E-state index >= 15 is 0 Å². The van der Waals surface area contributed by atoms with Crippen LogP contribution in [0.15, 0.2) is 15.8 Å². The second-order valence-corrected chi connectivity index (χ2v) is 5.30. The standard InChI is InChI=1S/C14H14F3N3O6/c15-14(16,17)12(24)18-3-1-2-7-4-20(13(25)19-11(7)23)8-6-26-9(5-21)10(8)22/h4,8-10,21-22H,3,5-6H2,(H,18,24)(H,19,23,25). The lowest BCUT2D eigenvalue weighted by Gasteiger charge is -2.17. The molecule has 1 amide bonds. The number of hydrogen-bond donors (Lipinski definition) is 4. The Balaban J connectivity index is 2.19. The van der Waals surface area contributed by atoms with Crippen LogP contribution in [0.3, 0.4) is 0 Å². The molecule has 26 heavy (non-hydrogen) atoms. The van der Waals surface area contributed by atoms with Crippen molar-refractivity contribution in [2.45, 2.75) is 24.4 Å². The molecule has 0 saturated carbocycles. The van der Waals surface area contributed by atoms with Gasteiger partial charge in [0.1, 0.15) is 17.8 Å². The third kappa shape index (κ3) is 4.31. The van der Waals surface area contributed by atoms with Crippen LogP contribution < -0.4 is 16.6 Å². The number of nitrogens with one attached hydrogen (secondary N) is 2. The monoisotopic (exact) mass is 377 g/mol. The minimum atomic E-state index is -5.05. The molecule has 9 nitrogen and oxygen atoms in total. The summed E-state index contributed by atoms with van der Waals surface area (Å²) in [5.41, 5.74) is -1.99. The molecule has 1 aliphatic heterocycles. The molecule has 4 N–H and O–H groups in total. The van der Waals surface area contributed by atoms with Gasteiger partial charge in [-0.2, -0.15) is 13.2 Å². The first-order valence-electron chi connectivity index (χ1n) is 7.25. The summed E-state index contributed by atoms with van der Waals surface area (Å²) < 4.78 is 42.2. The highest BCUT2D eigenvalue weighted by Crippen LogP contribution is 2.23. The van der Waals surface area contributed by atoms with Crippen molar-refractivity contribution in [3.05, 3.63) is 32.6 Å². The smallest absolute Gasteiger partial charge is 0.394 e. The fourth-order valence-corrected chi connectivity index (χ4v) is 2.26. The molecule has 12 heteroatoms. The number of alkyl halides is 3. The van der Waals surface area contributed by atoms with Gasteiger partial charge in [-0.25, -0.2) is 4.79 Å². The van der Waals surface area contributed by atoms with Crippen LogP contribution in [0.2, 0.25) is 0 Å². The number of rotatable bonds is 3. The summed E-state index contributed by atoms with van der Waals surface area (Å²) in [6.45, 7) is -1.24. The van der Waals surface area contributed by atoms with Crippen molar-refractivity contribution in [3.63, 3.8) is 0 Å². The average molecular weight is 377 g/mol. The Morgan fingerprint density at radius 3 is 2.73 bits per heavy atom. The first-order chi connectivity index (χ1) is 12.1. The summed E-state index contributed by atoms with van der Waals surface area (Å²) in [5.74, 6) is 2.23. The van der Waals surface area contributed by atoms with E-state index in [4.69, 9.17) is 9.84 Å². The van der Waals surface area contributed by atoms with Gasteiger partial charge in [-0.05, 0) is 0 Å². The van der Waals surface area contributed by atoms with E-state index in [-0.39, 0.29) is 12.2 Å². The number of halogens is 3. The van der Waals surface area contributed by atoms with Gasteiger partial charge >= 0.3 is 17.8 Å². The third-order valence-electron chi connectivity index (χ3n) is 3.58. The van der Waals surface area contributed by atoms with Gasteiger partial charge in [0.2, 0.25) is 0 Å². The highest BCUT2D eigenvalue weighted by atomic mass is 19.4. The number of ether oxygens (including phenoxy) is 1. The maximum atomic E-state index is 12.0. The van der Waals surface area contributed by atoms with Crippen LogP contribution in [0.4, 0.5) is 13.2 Å². The molecule has 0 radical (unpaired) electrons. The van der Waals surface area contributed by atoms with Crippen molar-refractivity contribution in [1.29, 1.82) is 0 Å². The summed E-state index contributed by atoms with van der Waals surface area (Å²) in [5, 5.41) is 20.6. The molecule has 1 aromatic heterocycles. The number of nitrogens with zero attached hydrogens (tertiary/aromatic N) is 1. The van der Waals surface area contributed by atoms with E-state index in [1.54, 1.807) is 0 Å². The zero-order valence-corrected chi connectivity index (χ0v) is 13.0. The molecule has 1 fully saturated rings. The minimum absolute atomic E-state index is 0.104. The van der Waals surface area contributed by atoms with Gasteiger partial charge in [-0.15, -0.1) is 0 Å². The lowest BCUT2D eigenvalue weighted by Crippen LogP contribution is -2.39. The van der Waals surface area contributed by atoms with Crippen molar-refractivity contribution < 1.29 is 32.9 Å². The van der Waals surface area contributed by atoms with Crippen LogP contribution in [0.5, 0.6) is 0 Å². The zero-order valence-electron chi connectivity index (χ0n) is 13.0. The predicted octanol–water partition coefficient (Wildman–Crippen LogP) is -2.14. The maximum absolute atomic E-state index is 12.0. The molecule has 0 aliphatic carbocycles. The van der Waals surface area contributed by atoms with E-state index < -0.39 is 54.7 Å². The number of aromatic amines is 1. The van der Waals surface area contributed by atoms with Gasteiger partial charge in [0.05, 0.1) is 25.8 Å². The number of aliphatic hydroxyl groups is 2. The van der Waals surface area contributed by atoms with Crippen LogP contribution in [-0.4, -0.2) is 63.8 Å². The van der Waals surface area contributed by atoms with Crippen molar-refractivity contribution in [1.82, 2.24) is 14.9 Å². The topological polar surface area (TPSA) is 134 Å². The number of aliphatic hydroxyl groups excluding tert-OH is 2. The normalized spacial score (nSPS) is 22.6.